The van der Waals surface area contributed by atoms with Crippen LogP contribution in [0.25, 0.3) is 5.82 Å². The molecule has 1 unspecified atom stereocenters. The van der Waals surface area contributed by atoms with Crippen LogP contribution in [0.3, 0.4) is 0 Å². The van der Waals surface area contributed by atoms with E-state index in [0.717, 1.165) is 5.56 Å². The lowest BCUT2D eigenvalue weighted by molar-refractivity contribution is 0.0939. The first-order valence-corrected chi connectivity index (χ1v) is 8.96. The monoisotopic (exact) mass is 405 g/mol. The van der Waals surface area contributed by atoms with Crippen molar-refractivity contribution in [3.63, 3.8) is 0 Å². The summed E-state index contributed by atoms with van der Waals surface area (Å²) in [7, 11) is 0. The largest absolute Gasteiger partial charge is 0.349 e. The molecule has 0 radical (unpaired) electrons. The van der Waals surface area contributed by atoms with Crippen LogP contribution in [0.4, 0.5) is 0 Å². The molecule has 0 aliphatic heterocycles. The first-order valence-electron chi connectivity index (χ1n) is 8.20. The van der Waals surface area contributed by atoms with Crippen molar-refractivity contribution in [3.8, 4) is 5.82 Å². The molecule has 1 amide bonds. The predicted octanol–water partition coefficient (Wildman–Crippen LogP) is 2.93. The zero-order valence-electron chi connectivity index (χ0n) is 14.7. The molecule has 0 saturated heterocycles. The summed E-state index contributed by atoms with van der Waals surface area (Å²) in [5, 5.41) is 14.5. The van der Waals surface area contributed by atoms with Crippen molar-refractivity contribution in [2.45, 2.75) is 26.3 Å². The lowest BCUT2D eigenvalue weighted by Gasteiger charge is -2.15. The maximum Gasteiger partial charge on any atom is 0.264 e. The van der Waals surface area contributed by atoms with Gasteiger partial charge in [0.05, 0.1) is 17.5 Å². The van der Waals surface area contributed by atoms with Crippen molar-refractivity contribution in [1.29, 1.82) is 0 Å². The zero-order valence-corrected chi connectivity index (χ0v) is 16.2. The molecule has 0 saturated carbocycles. The molecular formula is C18H17Cl2N5O2. The SMILES string of the molecule is Cc1c(C(=O)NC(C)Cc2ccc(Cl)cc2Cl)cnn1-c1ccc(=O)[nH]n1. The van der Waals surface area contributed by atoms with Crippen LogP contribution in [0.15, 0.2) is 41.3 Å². The molecule has 140 valence electrons. The van der Waals surface area contributed by atoms with E-state index in [1.54, 1.807) is 19.1 Å². The van der Waals surface area contributed by atoms with Gasteiger partial charge in [0.2, 0.25) is 0 Å². The third kappa shape index (κ3) is 4.37. The third-order valence-corrected chi connectivity index (χ3v) is 4.64. The van der Waals surface area contributed by atoms with E-state index >= 15 is 0 Å². The molecule has 0 fully saturated rings. The Kier molecular flexibility index (Phi) is 5.62. The number of aromatic amines is 1. The molecule has 7 nitrogen and oxygen atoms in total. The van der Waals surface area contributed by atoms with E-state index in [1.165, 1.54) is 23.0 Å². The Morgan fingerprint density at radius 3 is 2.74 bits per heavy atom. The molecule has 3 aromatic rings. The van der Waals surface area contributed by atoms with Crippen molar-refractivity contribution in [2.24, 2.45) is 0 Å². The molecule has 0 bridgehead atoms. The van der Waals surface area contributed by atoms with Crippen LogP contribution >= 0.6 is 23.2 Å². The Balaban J connectivity index is 1.72. The van der Waals surface area contributed by atoms with Gasteiger partial charge in [-0.05, 0) is 44.0 Å². The van der Waals surface area contributed by atoms with Crippen molar-refractivity contribution in [2.75, 3.05) is 0 Å². The van der Waals surface area contributed by atoms with Gasteiger partial charge in [-0.15, -0.1) is 0 Å². The van der Waals surface area contributed by atoms with Gasteiger partial charge >= 0.3 is 0 Å². The maximum absolute atomic E-state index is 12.6. The number of amides is 1. The van der Waals surface area contributed by atoms with Gasteiger partial charge in [-0.3, -0.25) is 9.59 Å². The van der Waals surface area contributed by atoms with Crippen LogP contribution in [0.5, 0.6) is 0 Å². The summed E-state index contributed by atoms with van der Waals surface area (Å²) in [5.74, 6) is 0.174. The van der Waals surface area contributed by atoms with Crippen molar-refractivity contribution >= 4 is 29.1 Å². The summed E-state index contributed by atoms with van der Waals surface area (Å²) >= 11 is 12.1. The Morgan fingerprint density at radius 1 is 1.30 bits per heavy atom. The first kappa shape index (κ1) is 19.1. The Bertz CT molecular complexity index is 1020. The van der Waals surface area contributed by atoms with E-state index in [9.17, 15) is 9.59 Å². The molecule has 0 spiro atoms. The molecule has 27 heavy (non-hydrogen) atoms. The van der Waals surface area contributed by atoms with E-state index in [-0.39, 0.29) is 17.5 Å². The number of aromatic nitrogens is 4. The number of carbonyl (C=O) groups excluding carboxylic acids is 1. The summed E-state index contributed by atoms with van der Waals surface area (Å²) in [6.45, 7) is 3.65. The van der Waals surface area contributed by atoms with Crippen LogP contribution < -0.4 is 10.9 Å². The van der Waals surface area contributed by atoms with Crippen molar-refractivity contribution < 1.29 is 4.79 Å². The quantitative estimate of drug-likeness (QED) is 0.682. The van der Waals surface area contributed by atoms with Gasteiger partial charge in [-0.25, -0.2) is 9.78 Å². The molecule has 0 aliphatic carbocycles. The second kappa shape index (κ2) is 7.94. The van der Waals surface area contributed by atoms with Gasteiger partial charge in [0, 0.05) is 22.2 Å². The minimum atomic E-state index is -0.309. The first-order chi connectivity index (χ1) is 12.8. The van der Waals surface area contributed by atoms with Gasteiger partial charge in [0.15, 0.2) is 5.82 Å². The van der Waals surface area contributed by atoms with E-state index in [0.29, 0.717) is 33.5 Å². The summed E-state index contributed by atoms with van der Waals surface area (Å²) in [6.07, 6.45) is 2.04. The second-order valence-corrected chi connectivity index (χ2v) is 6.99. The number of nitrogens with zero attached hydrogens (tertiary/aromatic N) is 3. The lowest BCUT2D eigenvalue weighted by Crippen LogP contribution is -2.34. The lowest BCUT2D eigenvalue weighted by atomic mass is 10.1. The van der Waals surface area contributed by atoms with Gasteiger partial charge < -0.3 is 5.32 Å². The fraction of sp³-hybridized carbons (Fsp3) is 0.222. The van der Waals surface area contributed by atoms with Crippen LogP contribution in [-0.2, 0) is 6.42 Å². The van der Waals surface area contributed by atoms with E-state index in [1.807, 2.05) is 13.0 Å². The highest BCUT2D eigenvalue weighted by molar-refractivity contribution is 6.35. The standard InChI is InChI=1S/C18H17Cl2N5O2/c1-10(7-12-3-4-13(19)8-15(12)20)22-18(27)14-9-21-25(11(14)2)16-5-6-17(26)24-23-16/h3-6,8-10H,7H2,1-2H3,(H,22,27)(H,24,26). The molecular weight excluding hydrogens is 389 g/mol. The number of nitrogens with one attached hydrogen (secondary N) is 2. The van der Waals surface area contributed by atoms with Gasteiger partial charge in [-0.1, -0.05) is 29.3 Å². The van der Waals surface area contributed by atoms with E-state index in [4.69, 9.17) is 23.2 Å². The minimum absolute atomic E-state index is 0.148. The summed E-state index contributed by atoms with van der Waals surface area (Å²) in [5.41, 5.74) is 1.63. The molecule has 2 heterocycles. The normalized spacial score (nSPS) is 12.0. The molecule has 2 N–H and O–H groups in total. The number of hydrogen-bond acceptors (Lipinski definition) is 4. The summed E-state index contributed by atoms with van der Waals surface area (Å²) in [4.78, 5) is 23.7. The third-order valence-electron chi connectivity index (χ3n) is 4.05. The van der Waals surface area contributed by atoms with E-state index in [2.05, 4.69) is 20.6 Å². The number of hydrogen-bond donors (Lipinski definition) is 2. The predicted molar refractivity (Wildman–Crippen MR) is 104 cm³/mol. The Morgan fingerprint density at radius 2 is 2.07 bits per heavy atom. The number of H-pyrrole nitrogens is 1. The fourth-order valence-electron chi connectivity index (χ4n) is 2.69. The van der Waals surface area contributed by atoms with E-state index < -0.39 is 0 Å². The zero-order chi connectivity index (χ0) is 19.6. The molecule has 1 aromatic carbocycles. The average Bonchev–Trinajstić information content (AvgIpc) is 3.00. The molecule has 1 atom stereocenters. The topological polar surface area (TPSA) is 92.7 Å². The maximum atomic E-state index is 12.6. The van der Waals surface area contributed by atoms with Crippen LogP contribution in [-0.4, -0.2) is 31.9 Å². The summed E-state index contributed by atoms with van der Waals surface area (Å²) in [6, 6.07) is 8.02. The van der Waals surface area contributed by atoms with Crippen LogP contribution in [0, 0.1) is 6.92 Å². The summed E-state index contributed by atoms with van der Waals surface area (Å²) < 4.78 is 1.49. The van der Waals surface area contributed by atoms with Crippen molar-refractivity contribution in [1.82, 2.24) is 25.3 Å². The fourth-order valence-corrected chi connectivity index (χ4v) is 3.17. The average molecular weight is 406 g/mol. The smallest absolute Gasteiger partial charge is 0.264 e. The van der Waals surface area contributed by atoms with Gasteiger partial charge in [-0.2, -0.15) is 10.2 Å². The second-order valence-electron chi connectivity index (χ2n) is 6.15. The number of rotatable bonds is 5. The molecule has 0 aliphatic rings. The molecule has 3 rings (SSSR count). The number of benzene rings is 1. The van der Waals surface area contributed by atoms with Gasteiger partial charge in [0.1, 0.15) is 0 Å². The molecule has 2 aromatic heterocycles. The van der Waals surface area contributed by atoms with Crippen LogP contribution in [0.2, 0.25) is 10.0 Å². The Hall–Kier alpha value is -2.64. The Labute approximate surface area is 165 Å². The number of carbonyl (C=O) groups is 1. The van der Waals surface area contributed by atoms with Crippen molar-refractivity contribution in [3.05, 3.63) is 73.7 Å². The highest BCUT2D eigenvalue weighted by Crippen LogP contribution is 2.22. The highest BCUT2D eigenvalue weighted by Gasteiger charge is 2.18. The number of halogens is 2. The minimum Gasteiger partial charge on any atom is -0.349 e. The van der Waals surface area contributed by atoms with Gasteiger partial charge in [0.25, 0.3) is 11.5 Å². The highest BCUT2D eigenvalue weighted by atomic mass is 35.5. The molecule has 9 heteroatoms. The van der Waals surface area contributed by atoms with Crippen LogP contribution in [0.1, 0.15) is 28.5 Å².